The fourth-order valence-corrected chi connectivity index (χ4v) is 5.28. The number of aromatic nitrogens is 2. The third kappa shape index (κ3) is 3.22. The second-order valence-electron chi connectivity index (χ2n) is 7.54. The Morgan fingerprint density at radius 3 is 3.00 bits per heavy atom. The van der Waals surface area contributed by atoms with Crippen molar-refractivity contribution >= 4 is 27.5 Å². The fraction of sp³-hybridized carbons (Fsp3) is 0.550. The first kappa shape index (κ1) is 17.5. The van der Waals surface area contributed by atoms with Gasteiger partial charge in [0, 0.05) is 4.88 Å². The molecular weight excluding hydrogens is 348 g/mol. The number of rotatable bonds is 3. The minimum absolute atomic E-state index is 0.0894. The smallest absolute Gasteiger partial charge is 0.309 e. The van der Waals surface area contributed by atoms with Crippen LogP contribution in [0.1, 0.15) is 61.9 Å². The van der Waals surface area contributed by atoms with Gasteiger partial charge >= 0.3 is 5.97 Å². The summed E-state index contributed by atoms with van der Waals surface area (Å²) >= 11 is 1.62. The van der Waals surface area contributed by atoms with Crippen molar-refractivity contribution < 1.29 is 9.53 Å². The second kappa shape index (κ2) is 6.99. The molecule has 5 nitrogen and oxygen atoms in total. The van der Waals surface area contributed by atoms with Crippen LogP contribution >= 0.6 is 11.3 Å². The summed E-state index contributed by atoms with van der Waals surface area (Å²) in [6.45, 7) is 4.02. The van der Waals surface area contributed by atoms with Crippen LogP contribution in [0.4, 0.5) is 0 Å². The van der Waals surface area contributed by atoms with E-state index < -0.39 is 6.10 Å². The SMILES string of the molecule is C[C@@H]1CCc2c(sc3nc([C@H](C)OC(=O)[C@H]4CC=CCC4)[nH]c(=O)c23)C1. The Morgan fingerprint density at radius 2 is 2.23 bits per heavy atom. The summed E-state index contributed by atoms with van der Waals surface area (Å²) in [7, 11) is 0. The van der Waals surface area contributed by atoms with E-state index in [1.807, 2.05) is 6.08 Å². The molecule has 0 bridgehead atoms. The van der Waals surface area contributed by atoms with Crippen molar-refractivity contribution in [2.75, 3.05) is 0 Å². The van der Waals surface area contributed by atoms with E-state index in [1.54, 1.807) is 18.3 Å². The van der Waals surface area contributed by atoms with Crippen LogP contribution in [-0.4, -0.2) is 15.9 Å². The van der Waals surface area contributed by atoms with Crippen LogP contribution in [0.5, 0.6) is 0 Å². The summed E-state index contributed by atoms with van der Waals surface area (Å²) in [6, 6.07) is 0. The number of carbonyl (C=O) groups is 1. The van der Waals surface area contributed by atoms with Gasteiger partial charge in [0.05, 0.1) is 11.3 Å². The Bertz CT molecular complexity index is 927. The third-order valence-corrected chi connectivity index (χ3v) is 6.61. The Morgan fingerprint density at radius 1 is 1.38 bits per heavy atom. The average Bonchev–Trinajstić information content (AvgIpc) is 3.00. The first-order chi connectivity index (χ1) is 12.5. The molecule has 2 aliphatic carbocycles. The van der Waals surface area contributed by atoms with E-state index >= 15 is 0 Å². The van der Waals surface area contributed by atoms with Gasteiger partial charge in [0.1, 0.15) is 4.83 Å². The second-order valence-corrected chi connectivity index (χ2v) is 8.63. The average molecular weight is 372 g/mol. The molecule has 2 aromatic heterocycles. The van der Waals surface area contributed by atoms with Crippen LogP contribution in [-0.2, 0) is 22.4 Å². The van der Waals surface area contributed by atoms with Gasteiger partial charge in [0.2, 0.25) is 0 Å². The zero-order valence-electron chi connectivity index (χ0n) is 15.2. The Hall–Kier alpha value is -1.95. The van der Waals surface area contributed by atoms with Crippen molar-refractivity contribution in [1.29, 1.82) is 0 Å². The molecule has 2 aliphatic rings. The fourth-order valence-electron chi connectivity index (χ4n) is 3.89. The lowest BCUT2D eigenvalue weighted by atomic mass is 9.89. The molecule has 138 valence electrons. The van der Waals surface area contributed by atoms with E-state index in [2.05, 4.69) is 23.0 Å². The van der Waals surface area contributed by atoms with E-state index in [9.17, 15) is 9.59 Å². The number of hydrogen-bond donors (Lipinski definition) is 1. The highest BCUT2D eigenvalue weighted by Crippen LogP contribution is 2.36. The van der Waals surface area contributed by atoms with E-state index in [0.29, 0.717) is 11.7 Å². The largest absolute Gasteiger partial charge is 0.454 e. The molecule has 4 rings (SSSR count). The molecule has 0 spiro atoms. The van der Waals surface area contributed by atoms with Crippen molar-refractivity contribution in [3.05, 3.63) is 38.8 Å². The van der Waals surface area contributed by atoms with Crippen LogP contribution in [0.2, 0.25) is 0 Å². The summed E-state index contributed by atoms with van der Waals surface area (Å²) in [5, 5.41) is 0.733. The number of allylic oxidation sites excluding steroid dienone is 2. The lowest BCUT2D eigenvalue weighted by Crippen LogP contribution is -2.22. The van der Waals surface area contributed by atoms with Crippen LogP contribution in [0.3, 0.4) is 0 Å². The van der Waals surface area contributed by atoms with Gasteiger partial charge in [-0.1, -0.05) is 19.1 Å². The first-order valence-corrected chi connectivity index (χ1v) is 10.2. The predicted molar refractivity (Wildman–Crippen MR) is 102 cm³/mol. The van der Waals surface area contributed by atoms with Gasteiger partial charge in [0.25, 0.3) is 5.56 Å². The quantitative estimate of drug-likeness (QED) is 0.651. The van der Waals surface area contributed by atoms with Gasteiger partial charge in [-0.25, -0.2) is 4.98 Å². The van der Waals surface area contributed by atoms with E-state index in [4.69, 9.17) is 4.74 Å². The molecule has 1 N–H and O–H groups in total. The topological polar surface area (TPSA) is 72.0 Å². The number of aromatic amines is 1. The summed E-state index contributed by atoms with van der Waals surface area (Å²) in [6.07, 6.45) is 9.11. The van der Waals surface area contributed by atoms with E-state index in [-0.39, 0.29) is 17.4 Å². The molecule has 0 saturated heterocycles. The molecule has 3 atom stereocenters. The molecule has 0 unspecified atom stereocenters. The number of esters is 1. The monoisotopic (exact) mass is 372 g/mol. The highest BCUT2D eigenvalue weighted by Gasteiger charge is 2.26. The van der Waals surface area contributed by atoms with Crippen LogP contribution in [0.15, 0.2) is 16.9 Å². The van der Waals surface area contributed by atoms with Gasteiger partial charge in [-0.3, -0.25) is 9.59 Å². The number of ether oxygens (including phenoxy) is 1. The molecule has 0 radical (unpaired) electrons. The van der Waals surface area contributed by atoms with Crippen molar-refractivity contribution in [3.8, 4) is 0 Å². The van der Waals surface area contributed by atoms with Gasteiger partial charge in [-0.05, 0) is 56.9 Å². The first-order valence-electron chi connectivity index (χ1n) is 9.43. The lowest BCUT2D eigenvalue weighted by molar-refractivity contribution is -0.154. The number of H-pyrrole nitrogens is 1. The molecule has 0 amide bonds. The number of carbonyl (C=O) groups excluding carboxylic acids is 1. The Kier molecular flexibility index (Phi) is 4.69. The molecule has 0 aromatic carbocycles. The number of hydrogen-bond acceptors (Lipinski definition) is 5. The molecule has 2 heterocycles. The van der Waals surface area contributed by atoms with E-state index in [0.717, 1.165) is 48.7 Å². The molecule has 0 aliphatic heterocycles. The van der Waals surface area contributed by atoms with Crippen LogP contribution in [0, 0.1) is 11.8 Å². The Balaban J connectivity index is 1.59. The normalized spacial score (nSPS) is 23.6. The summed E-state index contributed by atoms with van der Waals surface area (Å²) in [5.41, 5.74) is 1.06. The maximum Gasteiger partial charge on any atom is 0.309 e. The Labute approximate surface area is 156 Å². The zero-order chi connectivity index (χ0) is 18.3. The van der Waals surface area contributed by atoms with E-state index in [1.165, 1.54) is 10.4 Å². The molecule has 26 heavy (non-hydrogen) atoms. The number of aryl methyl sites for hydroxylation is 1. The van der Waals surface area contributed by atoms with Crippen molar-refractivity contribution in [2.45, 2.75) is 58.5 Å². The minimum atomic E-state index is -0.552. The lowest BCUT2D eigenvalue weighted by Gasteiger charge is -2.19. The maximum atomic E-state index is 12.7. The van der Waals surface area contributed by atoms with Crippen molar-refractivity contribution in [3.63, 3.8) is 0 Å². The number of fused-ring (bicyclic) bond motifs is 3. The van der Waals surface area contributed by atoms with Crippen molar-refractivity contribution in [2.24, 2.45) is 11.8 Å². The molecule has 2 aromatic rings. The molecule has 0 saturated carbocycles. The summed E-state index contributed by atoms with van der Waals surface area (Å²) in [4.78, 5) is 34.6. The highest BCUT2D eigenvalue weighted by molar-refractivity contribution is 7.18. The zero-order valence-corrected chi connectivity index (χ0v) is 16.0. The van der Waals surface area contributed by atoms with Crippen LogP contribution in [0.25, 0.3) is 10.2 Å². The number of nitrogens with zero attached hydrogens (tertiary/aromatic N) is 1. The van der Waals surface area contributed by atoms with Gasteiger partial charge < -0.3 is 9.72 Å². The summed E-state index contributed by atoms with van der Waals surface area (Å²) < 4.78 is 5.60. The van der Waals surface area contributed by atoms with Gasteiger partial charge in [0.15, 0.2) is 11.9 Å². The van der Waals surface area contributed by atoms with Gasteiger partial charge in [-0.15, -0.1) is 11.3 Å². The minimum Gasteiger partial charge on any atom is -0.454 e. The van der Waals surface area contributed by atoms with Gasteiger partial charge in [-0.2, -0.15) is 0 Å². The predicted octanol–water partition coefficient (Wildman–Crippen LogP) is 4.07. The number of thiophene rings is 1. The summed E-state index contributed by atoms with van der Waals surface area (Å²) in [5.74, 6) is 0.796. The molecule has 6 heteroatoms. The standard InChI is InChI=1S/C20H24N2O3S/c1-11-8-9-14-15(10-11)26-19-16(14)18(23)21-17(22-19)12(2)25-20(24)13-6-4-3-5-7-13/h3-4,11-13H,5-10H2,1-2H3,(H,21,22,23)/t11-,12+,13+/m1/s1. The number of nitrogens with one attached hydrogen (secondary N) is 1. The molecule has 0 fully saturated rings. The highest BCUT2D eigenvalue weighted by atomic mass is 32.1. The third-order valence-electron chi connectivity index (χ3n) is 5.46. The van der Waals surface area contributed by atoms with Crippen molar-refractivity contribution in [1.82, 2.24) is 9.97 Å². The van der Waals surface area contributed by atoms with Crippen LogP contribution < -0.4 is 5.56 Å². The molecular formula is C20H24N2O3S. The maximum absolute atomic E-state index is 12.7.